The summed E-state index contributed by atoms with van der Waals surface area (Å²) in [6.07, 6.45) is 0.671. The van der Waals surface area contributed by atoms with E-state index in [2.05, 4.69) is 0 Å². The van der Waals surface area contributed by atoms with E-state index < -0.39 is 17.9 Å². The molecule has 170 valence electrons. The molecule has 3 aromatic rings. The summed E-state index contributed by atoms with van der Waals surface area (Å²) in [7, 11) is 0. The molecule has 0 spiro atoms. The Morgan fingerprint density at radius 1 is 1.03 bits per heavy atom. The molecule has 0 radical (unpaired) electrons. The van der Waals surface area contributed by atoms with E-state index in [4.69, 9.17) is 0 Å². The number of halogens is 1. The predicted octanol–water partition coefficient (Wildman–Crippen LogP) is 2.95. The van der Waals surface area contributed by atoms with Crippen molar-refractivity contribution in [1.82, 2.24) is 9.47 Å². The summed E-state index contributed by atoms with van der Waals surface area (Å²) in [5.74, 6) is -1.97. The van der Waals surface area contributed by atoms with Gasteiger partial charge in [0.25, 0.3) is 5.56 Å². The second kappa shape index (κ2) is 8.57. The number of aromatic nitrogens is 1. The van der Waals surface area contributed by atoms with E-state index >= 15 is 0 Å². The van der Waals surface area contributed by atoms with E-state index in [0.29, 0.717) is 30.6 Å². The van der Waals surface area contributed by atoms with Gasteiger partial charge in [0.2, 0.25) is 0 Å². The molecular formula is C26H25FN2O4. The molecule has 7 heteroatoms. The van der Waals surface area contributed by atoms with Crippen molar-refractivity contribution in [2.24, 2.45) is 11.8 Å². The number of carboxylic acid groups (broad SMARTS) is 1. The molecular weight excluding hydrogens is 423 g/mol. The minimum absolute atomic E-state index is 0.178. The lowest BCUT2D eigenvalue weighted by atomic mass is 9.88. The number of aliphatic hydroxyl groups is 1. The Hall–Kier alpha value is -3.29. The third kappa shape index (κ3) is 3.67. The first kappa shape index (κ1) is 21.6. The predicted molar refractivity (Wildman–Crippen MR) is 121 cm³/mol. The van der Waals surface area contributed by atoms with Crippen LogP contribution in [0.2, 0.25) is 0 Å². The standard InChI is InChI=1S/C26H25FN2O4/c27-18-8-6-17(7-9-18)19-10-11-22-23-20(14-29(22)25(19)31)21(15-30)24(26(32)33)28(23)13-12-16-4-2-1-3-5-16/h1-11,20-21,23-24,30H,12-15H2,(H,32,33)/t20-,21-,23+,24-/m0/s1. The number of likely N-dealkylation sites (tertiary alicyclic amines) is 1. The van der Waals surface area contributed by atoms with E-state index in [-0.39, 0.29) is 29.9 Å². The zero-order chi connectivity index (χ0) is 23.1. The van der Waals surface area contributed by atoms with Crippen molar-refractivity contribution < 1.29 is 19.4 Å². The third-order valence-corrected chi connectivity index (χ3v) is 7.10. The molecule has 33 heavy (non-hydrogen) atoms. The summed E-state index contributed by atoms with van der Waals surface area (Å²) < 4.78 is 15.0. The molecule has 5 rings (SSSR count). The van der Waals surface area contributed by atoms with Crippen LogP contribution in [-0.4, -0.2) is 44.8 Å². The van der Waals surface area contributed by atoms with Crippen molar-refractivity contribution in [3.05, 3.63) is 94.2 Å². The number of carboxylic acids is 1. The van der Waals surface area contributed by atoms with Crippen LogP contribution >= 0.6 is 0 Å². The number of aliphatic hydroxyl groups excluding tert-OH is 1. The van der Waals surface area contributed by atoms with Crippen LogP contribution in [0, 0.1) is 17.7 Å². The number of carbonyl (C=O) groups is 1. The molecule has 0 unspecified atom stereocenters. The number of nitrogens with zero attached hydrogens (tertiary/aromatic N) is 2. The first-order chi connectivity index (χ1) is 16.0. The zero-order valence-electron chi connectivity index (χ0n) is 18.0. The van der Waals surface area contributed by atoms with Gasteiger partial charge in [0, 0.05) is 42.8 Å². The molecule has 1 aromatic heterocycles. The lowest BCUT2D eigenvalue weighted by Crippen LogP contribution is -2.43. The van der Waals surface area contributed by atoms with Crippen LogP contribution in [0.1, 0.15) is 17.3 Å². The fourth-order valence-corrected chi connectivity index (χ4v) is 5.60. The number of fused-ring (bicyclic) bond motifs is 3. The van der Waals surface area contributed by atoms with Crippen molar-refractivity contribution in [2.75, 3.05) is 13.2 Å². The summed E-state index contributed by atoms with van der Waals surface area (Å²) in [4.78, 5) is 27.5. The number of hydrogen-bond acceptors (Lipinski definition) is 4. The molecule has 0 aliphatic carbocycles. The molecule has 0 bridgehead atoms. The highest BCUT2D eigenvalue weighted by atomic mass is 19.1. The Kier molecular flexibility index (Phi) is 5.60. The van der Waals surface area contributed by atoms with Gasteiger partial charge in [-0.05, 0) is 41.8 Å². The van der Waals surface area contributed by atoms with Crippen LogP contribution in [0.5, 0.6) is 0 Å². The van der Waals surface area contributed by atoms with E-state index in [9.17, 15) is 24.2 Å². The van der Waals surface area contributed by atoms with Crippen molar-refractivity contribution in [3.8, 4) is 11.1 Å². The van der Waals surface area contributed by atoms with Crippen LogP contribution in [-0.2, 0) is 17.8 Å². The summed E-state index contributed by atoms with van der Waals surface area (Å²) in [5.41, 5.74) is 2.81. The highest BCUT2D eigenvalue weighted by Crippen LogP contribution is 2.49. The van der Waals surface area contributed by atoms with Crippen LogP contribution in [0.15, 0.2) is 71.5 Å². The topological polar surface area (TPSA) is 82.8 Å². The van der Waals surface area contributed by atoms with Crippen LogP contribution in [0.25, 0.3) is 11.1 Å². The van der Waals surface area contributed by atoms with Crippen molar-refractivity contribution >= 4 is 5.97 Å². The summed E-state index contributed by atoms with van der Waals surface area (Å²) in [6.45, 7) is 0.602. The smallest absolute Gasteiger partial charge is 0.321 e. The van der Waals surface area contributed by atoms with E-state index in [1.54, 1.807) is 22.8 Å². The zero-order valence-corrected chi connectivity index (χ0v) is 18.0. The van der Waals surface area contributed by atoms with Gasteiger partial charge in [-0.15, -0.1) is 0 Å². The van der Waals surface area contributed by atoms with Crippen molar-refractivity contribution in [2.45, 2.75) is 25.0 Å². The summed E-state index contributed by atoms with van der Waals surface area (Å²) in [6, 6.07) is 18.2. The fourth-order valence-electron chi connectivity index (χ4n) is 5.60. The van der Waals surface area contributed by atoms with Gasteiger partial charge in [-0.1, -0.05) is 42.5 Å². The Morgan fingerprint density at radius 2 is 1.76 bits per heavy atom. The van der Waals surface area contributed by atoms with Gasteiger partial charge in [-0.2, -0.15) is 0 Å². The van der Waals surface area contributed by atoms with Crippen LogP contribution in [0.4, 0.5) is 4.39 Å². The fraction of sp³-hybridized carbons (Fsp3) is 0.308. The highest BCUT2D eigenvalue weighted by Gasteiger charge is 2.55. The van der Waals surface area contributed by atoms with Gasteiger partial charge in [-0.3, -0.25) is 14.5 Å². The first-order valence-corrected chi connectivity index (χ1v) is 11.1. The molecule has 6 nitrogen and oxygen atoms in total. The molecule has 0 saturated carbocycles. The minimum Gasteiger partial charge on any atom is -0.480 e. The quantitative estimate of drug-likeness (QED) is 0.606. The van der Waals surface area contributed by atoms with Crippen molar-refractivity contribution in [3.63, 3.8) is 0 Å². The van der Waals surface area contributed by atoms with Crippen LogP contribution in [0.3, 0.4) is 0 Å². The summed E-state index contributed by atoms with van der Waals surface area (Å²) in [5, 5.41) is 20.1. The van der Waals surface area contributed by atoms with Gasteiger partial charge in [0.1, 0.15) is 11.9 Å². The first-order valence-electron chi connectivity index (χ1n) is 11.1. The summed E-state index contributed by atoms with van der Waals surface area (Å²) >= 11 is 0. The SMILES string of the molecule is O=C(O)[C@@H]1[C@@H](CO)[C@@H]2Cn3c(ccc(-c4ccc(F)cc4)c3=O)[C@@H]2N1CCc1ccccc1. The molecule has 2 aliphatic heterocycles. The van der Waals surface area contributed by atoms with Gasteiger partial charge in [0.15, 0.2) is 0 Å². The second-order valence-electron chi connectivity index (χ2n) is 8.81. The lowest BCUT2D eigenvalue weighted by Gasteiger charge is -2.29. The molecule has 3 heterocycles. The Balaban J connectivity index is 1.53. The van der Waals surface area contributed by atoms with Gasteiger partial charge >= 0.3 is 5.97 Å². The second-order valence-corrected chi connectivity index (χ2v) is 8.81. The maximum atomic E-state index is 13.3. The molecule has 2 aromatic carbocycles. The number of pyridine rings is 1. The number of rotatable bonds is 6. The molecule has 0 amide bonds. The van der Waals surface area contributed by atoms with Gasteiger partial charge in [-0.25, -0.2) is 4.39 Å². The Bertz CT molecular complexity index is 1230. The van der Waals surface area contributed by atoms with Gasteiger partial charge < -0.3 is 14.8 Å². The van der Waals surface area contributed by atoms with Crippen LogP contribution < -0.4 is 5.56 Å². The van der Waals surface area contributed by atoms with Crippen molar-refractivity contribution in [1.29, 1.82) is 0 Å². The molecule has 1 fully saturated rings. The molecule has 2 N–H and O–H groups in total. The lowest BCUT2D eigenvalue weighted by molar-refractivity contribution is -0.144. The van der Waals surface area contributed by atoms with E-state index in [0.717, 1.165) is 11.3 Å². The monoisotopic (exact) mass is 448 g/mol. The molecule has 1 saturated heterocycles. The maximum absolute atomic E-state index is 13.3. The Labute approximate surface area is 190 Å². The Morgan fingerprint density at radius 3 is 2.42 bits per heavy atom. The van der Waals surface area contributed by atoms with E-state index in [1.165, 1.54) is 12.1 Å². The average Bonchev–Trinajstić information content (AvgIpc) is 3.34. The maximum Gasteiger partial charge on any atom is 0.321 e. The van der Waals surface area contributed by atoms with Gasteiger partial charge in [0.05, 0.1) is 6.04 Å². The number of benzene rings is 2. The third-order valence-electron chi connectivity index (χ3n) is 7.10. The average molecular weight is 448 g/mol. The highest BCUT2D eigenvalue weighted by molar-refractivity contribution is 5.75. The number of hydrogen-bond donors (Lipinski definition) is 2. The molecule has 4 atom stereocenters. The minimum atomic E-state index is -0.951. The number of aliphatic carboxylic acids is 1. The largest absolute Gasteiger partial charge is 0.480 e. The molecule has 2 aliphatic rings. The normalized spacial score (nSPS) is 23.9. The van der Waals surface area contributed by atoms with E-state index in [1.807, 2.05) is 41.3 Å².